The van der Waals surface area contributed by atoms with Gasteiger partial charge in [0.05, 0.1) is 18.2 Å². The third kappa shape index (κ3) is 1.10. The molecule has 2 aromatic heterocycles. The molecule has 4 nitrogen and oxygen atoms in total. The van der Waals surface area contributed by atoms with E-state index >= 15 is 0 Å². The number of nitrogens with one attached hydrogen (secondary N) is 1. The molecule has 0 radical (unpaired) electrons. The lowest BCUT2D eigenvalue weighted by atomic mass is 10.4. The van der Waals surface area contributed by atoms with Gasteiger partial charge in [-0.3, -0.25) is 0 Å². The van der Waals surface area contributed by atoms with E-state index in [0.717, 1.165) is 11.4 Å². The van der Waals surface area contributed by atoms with Crippen molar-refractivity contribution in [2.24, 2.45) is 0 Å². The number of rotatable bonds is 1. The van der Waals surface area contributed by atoms with Gasteiger partial charge < -0.3 is 10.7 Å². The van der Waals surface area contributed by atoms with E-state index in [1.54, 1.807) is 12.5 Å². The van der Waals surface area contributed by atoms with E-state index in [2.05, 4.69) is 15.0 Å². The summed E-state index contributed by atoms with van der Waals surface area (Å²) in [6.07, 6.45) is 3.33. The zero-order chi connectivity index (χ0) is 7.68. The van der Waals surface area contributed by atoms with Gasteiger partial charge in [-0.15, -0.1) is 11.3 Å². The molecule has 0 unspecified atom stereocenters. The van der Waals surface area contributed by atoms with E-state index in [-0.39, 0.29) is 0 Å². The smallest absolute Gasteiger partial charge is 0.180 e. The van der Waals surface area contributed by atoms with Crippen molar-refractivity contribution in [2.75, 3.05) is 5.73 Å². The van der Waals surface area contributed by atoms with Gasteiger partial charge in [0.1, 0.15) is 5.69 Å². The van der Waals surface area contributed by atoms with E-state index in [1.807, 2.05) is 5.38 Å². The Labute approximate surface area is 67.1 Å². The number of imidazole rings is 1. The van der Waals surface area contributed by atoms with Crippen LogP contribution >= 0.6 is 11.3 Å². The minimum Gasteiger partial charge on any atom is -0.375 e. The summed E-state index contributed by atoms with van der Waals surface area (Å²) in [5, 5.41) is 2.47. The van der Waals surface area contributed by atoms with Crippen molar-refractivity contribution < 1.29 is 0 Å². The Morgan fingerprint density at radius 1 is 1.55 bits per heavy atom. The fraction of sp³-hybridized carbons (Fsp3) is 0. The van der Waals surface area contributed by atoms with Crippen molar-refractivity contribution in [3.05, 3.63) is 17.9 Å². The Hall–Kier alpha value is -1.36. The summed E-state index contributed by atoms with van der Waals surface area (Å²) in [7, 11) is 0. The van der Waals surface area contributed by atoms with E-state index in [9.17, 15) is 0 Å². The van der Waals surface area contributed by atoms with Crippen LogP contribution in [0.15, 0.2) is 17.9 Å². The topological polar surface area (TPSA) is 67.6 Å². The Bertz CT molecular complexity index is 337. The molecule has 0 fully saturated rings. The van der Waals surface area contributed by atoms with E-state index in [0.29, 0.717) is 5.13 Å². The van der Waals surface area contributed by atoms with Crippen LogP contribution < -0.4 is 5.73 Å². The predicted octanol–water partition coefficient (Wildman–Crippen LogP) is 1.12. The number of hydrogen-bond donors (Lipinski definition) is 2. The van der Waals surface area contributed by atoms with Gasteiger partial charge in [-0.05, 0) is 0 Å². The van der Waals surface area contributed by atoms with Gasteiger partial charge >= 0.3 is 0 Å². The van der Waals surface area contributed by atoms with Crippen molar-refractivity contribution in [3.63, 3.8) is 0 Å². The van der Waals surface area contributed by atoms with Crippen LogP contribution in [0.4, 0.5) is 5.13 Å². The van der Waals surface area contributed by atoms with Gasteiger partial charge in [0.15, 0.2) is 5.13 Å². The Kier molecular flexibility index (Phi) is 1.36. The lowest BCUT2D eigenvalue weighted by Crippen LogP contribution is -1.82. The molecule has 2 rings (SSSR count). The molecule has 0 saturated carbocycles. The van der Waals surface area contributed by atoms with Crippen LogP contribution in [-0.4, -0.2) is 15.0 Å². The maximum absolute atomic E-state index is 5.46. The molecule has 0 saturated heterocycles. The highest BCUT2D eigenvalue weighted by atomic mass is 32.1. The number of aromatic nitrogens is 3. The molecule has 0 aliphatic rings. The summed E-state index contributed by atoms with van der Waals surface area (Å²) in [6, 6.07) is 0. The minimum atomic E-state index is 0.578. The normalized spacial score (nSPS) is 10.2. The summed E-state index contributed by atoms with van der Waals surface area (Å²) in [5.41, 5.74) is 7.21. The Balaban J connectivity index is 2.45. The van der Waals surface area contributed by atoms with Crippen molar-refractivity contribution >= 4 is 16.5 Å². The average Bonchev–Trinajstić information content (AvgIpc) is 2.55. The van der Waals surface area contributed by atoms with Crippen molar-refractivity contribution in [3.8, 4) is 11.4 Å². The minimum absolute atomic E-state index is 0.578. The summed E-state index contributed by atoms with van der Waals surface area (Å²) in [4.78, 5) is 10.9. The van der Waals surface area contributed by atoms with Crippen LogP contribution in [0.1, 0.15) is 0 Å². The summed E-state index contributed by atoms with van der Waals surface area (Å²) < 4.78 is 0. The molecule has 2 heterocycles. The molecule has 11 heavy (non-hydrogen) atoms. The number of nitrogens with two attached hydrogens (primary N) is 1. The summed E-state index contributed by atoms with van der Waals surface area (Å²) in [5.74, 6) is 0. The first-order valence-corrected chi connectivity index (χ1v) is 3.94. The highest BCUT2D eigenvalue weighted by Crippen LogP contribution is 2.19. The molecule has 0 amide bonds. The van der Waals surface area contributed by atoms with Crippen LogP contribution in [0.25, 0.3) is 11.4 Å². The summed E-state index contributed by atoms with van der Waals surface area (Å²) >= 11 is 1.42. The number of anilines is 1. The molecule has 0 atom stereocenters. The molecule has 0 spiro atoms. The molecule has 0 aromatic carbocycles. The van der Waals surface area contributed by atoms with Crippen molar-refractivity contribution in [1.82, 2.24) is 15.0 Å². The molecule has 3 N–H and O–H groups in total. The first kappa shape index (κ1) is 6.36. The number of nitrogens with zero attached hydrogens (tertiary/aromatic N) is 2. The van der Waals surface area contributed by atoms with Gasteiger partial charge in [-0.25, -0.2) is 9.97 Å². The lowest BCUT2D eigenvalue weighted by Gasteiger charge is -1.85. The predicted molar refractivity (Wildman–Crippen MR) is 44.1 cm³/mol. The fourth-order valence-corrected chi connectivity index (χ4v) is 1.37. The number of thiazole rings is 1. The Morgan fingerprint density at radius 2 is 2.45 bits per heavy atom. The number of aromatic amines is 1. The lowest BCUT2D eigenvalue weighted by molar-refractivity contribution is 1.30. The molecule has 5 heteroatoms. The maximum Gasteiger partial charge on any atom is 0.180 e. The molecule has 2 aromatic rings. The number of hydrogen-bond acceptors (Lipinski definition) is 4. The van der Waals surface area contributed by atoms with E-state index < -0.39 is 0 Å². The molecule has 0 aliphatic heterocycles. The molecular weight excluding hydrogens is 160 g/mol. The second kappa shape index (κ2) is 2.35. The molecule has 0 aliphatic carbocycles. The van der Waals surface area contributed by atoms with Crippen LogP contribution in [0.2, 0.25) is 0 Å². The van der Waals surface area contributed by atoms with E-state index in [1.165, 1.54) is 11.3 Å². The summed E-state index contributed by atoms with van der Waals surface area (Å²) in [6.45, 7) is 0. The zero-order valence-electron chi connectivity index (χ0n) is 5.61. The third-order valence-electron chi connectivity index (χ3n) is 1.30. The SMILES string of the molecule is Nc1nc(-c2cnc[nH]2)cs1. The zero-order valence-corrected chi connectivity index (χ0v) is 6.43. The van der Waals surface area contributed by atoms with Gasteiger partial charge in [0.25, 0.3) is 0 Å². The van der Waals surface area contributed by atoms with Gasteiger partial charge in [0.2, 0.25) is 0 Å². The van der Waals surface area contributed by atoms with E-state index in [4.69, 9.17) is 5.73 Å². The van der Waals surface area contributed by atoms with Gasteiger partial charge in [-0.1, -0.05) is 0 Å². The second-order valence-electron chi connectivity index (χ2n) is 2.04. The van der Waals surface area contributed by atoms with Crippen LogP contribution in [0.3, 0.4) is 0 Å². The number of nitrogen functional groups attached to an aromatic ring is 1. The highest BCUT2D eigenvalue weighted by Gasteiger charge is 2.01. The first-order chi connectivity index (χ1) is 5.36. The second-order valence-corrected chi connectivity index (χ2v) is 2.93. The van der Waals surface area contributed by atoms with Crippen LogP contribution in [0.5, 0.6) is 0 Å². The quantitative estimate of drug-likeness (QED) is 0.667. The molecule has 56 valence electrons. The molecular formula is C6H6N4S. The maximum atomic E-state index is 5.46. The largest absolute Gasteiger partial charge is 0.375 e. The fourth-order valence-electron chi connectivity index (χ4n) is 0.807. The van der Waals surface area contributed by atoms with Gasteiger partial charge in [-0.2, -0.15) is 0 Å². The first-order valence-electron chi connectivity index (χ1n) is 3.06. The average molecular weight is 166 g/mol. The standard InChI is InChI=1S/C6H6N4S/c7-6-10-5(2-11-6)4-1-8-3-9-4/h1-3H,(H2,7,10)(H,8,9). The third-order valence-corrected chi connectivity index (χ3v) is 1.97. The van der Waals surface area contributed by atoms with Crippen molar-refractivity contribution in [2.45, 2.75) is 0 Å². The monoisotopic (exact) mass is 166 g/mol. The highest BCUT2D eigenvalue weighted by molar-refractivity contribution is 7.13. The van der Waals surface area contributed by atoms with Gasteiger partial charge in [0, 0.05) is 5.38 Å². The van der Waals surface area contributed by atoms with Crippen LogP contribution in [0, 0.1) is 0 Å². The van der Waals surface area contributed by atoms with Crippen molar-refractivity contribution in [1.29, 1.82) is 0 Å². The number of H-pyrrole nitrogens is 1. The van der Waals surface area contributed by atoms with Crippen LogP contribution in [-0.2, 0) is 0 Å². The molecule has 0 bridgehead atoms. The Morgan fingerprint density at radius 3 is 3.00 bits per heavy atom.